The van der Waals surface area contributed by atoms with Gasteiger partial charge in [-0.1, -0.05) is 0 Å². The number of hydrogen-bond donors (Lipinski definition) is 1. The molecule has 4 rings (SSSR count). The maximum Gasteiger partial charge on any atom is 0.423 e. The van der Waals surface area contributed by atoms with Gasteiger partial charge in [-0.25, -0.2) is 4.98 Å². The molecule has 2 aromatic rings. The molecule has 0 atom stereocenters. The molecule has 1 aromatic carbocycles. The Kier molecular flexibility index (Phi) is 8.31. The molecule has 1 aliphatic carbocycles. The van der Waals surface area contributed by atoms with Gasteiger partial charge in [0.2, 0.25) is 5.91 Å². The lowest BCUT2D eigenvalue weighted by atomic mass is 9.92. The highest BCUT2D eigenvalue weighted by molar-refractivity contribution is 5.77. The predicted octanol–water partition coefficient (Wildman–Crippen LogP) is 3.97. The molecule has 38 heavy (non-hydrogen) atoms. The number of rotatable bonds is 7. The van der Waals surface area contributed by atoms with Crippen LogP contribution in [-0.2, 0) is 15.7 Å². The number of nitrogens with zero attached hydrogens (tertiary/aromatic N) is 5. The van der Waals surface area contributed by atoms with E-state index in [-0.39, 0.29) is 30.3 Å². The molecule has 1 N–H and O–H groups in total. The van der Waals surface area contributed by atoms with Crippen LogP contribution >= 0.6 is 0 Å². The first kappa shape index (κ1) is 27.1. The molecule has 2 aliphatic rings. The van der Waals surface area contributed by atoms with Crippen LogP contribution < -0.4 is 10.2 Å². The fourth-order valence-corrected chi connectivity index (χ4v) is 4.73. The van der Waals surface area contributed by atoms with Crippen molar-refractivity contribution in [2.45, 2.75) is 44.0 Å². The molecule has 0 bridgehead atoms. The number of aromatic nitrogens is 1. The van der Waals surface area contributed by atoms with Crippen LogP contribution in [0.1, 0.15) is 36.8 Å². The van der Waals surface area contributed by atoms with E-state index in [4.69, 9.17) is 10.00 Å². The van der Waals surface area contributed by atoms with E-state index in [9.17, 15) is 28.1 Å². The zero-order valence-corrected chi connectivity index (χ0v) is 20.5. The van der Waals surface area contributed by atoms with Crippen LogP contribution in [0.4, 0.5) is 30.4 Å². The molecule has 0 spiro atoms. The van der Waals surface area contributed by atoms with Crippen molar-refractivity contribution >= 4 is 23.1 Å². The van der Waals surface area contributed by atoms with Gasteiger partial charge in [-0.3, -0.25) is 14.9 Å². The van der Waals surface area contributed by atoms with Crippen LogP contribution in [0.5, 0.6) is 0 Å². The molecular formula is C25H27F3N6O4. The molecule has 0 unspecified atom stereocenters. The van der Waals surface area contributed by atoms with Crippen LogP contribution in [0.15, 0.2) is 36.5 Å². The van der Waals surface area contributed by atoms with Crippen LogP contribution in [0.25, 0.3) is 0 Å². The summed E-state index contributed by atoms with van der Waals surface area (Å²) in [6.07, 6.45) is -0.878. The van der Waals surface area contributed by atoms with Crippen LogP contribution in [0, 0.1) is 21.4 Å². The molecule has 10 nitrogen and oxygen atoms in total. The Balaban J connectivity index is 1.20. The maximum absolute atomic E-state index is 13.2. The summed E-state index contributed by atoms with van der Waals surface area (Å²) in [5.41, 5.74) is -1.58. The third kappa shape index (κ3) is 6.69. The van der Waals surface area contributed by atoms with Gasteiger partial charge in [-0.15, -0.1) is 0 Å². The number of anilines is 2. The molecular weight excluding hydrogens is 505 g/mol. The van der Waals surface area contributed by atoms with Crippen LogP contribution in [-0.4, -0.2) is 65.6 Å². The minimum absolute atomic E-state index is 0.0326. The second kappa shape index (κ2) is 11.6. The summed E-state index contributed by atoms with van der Waals surface area (Å²) in [5.74, 6) is 0.671. The Hall–Kier alpha value is -3.92. The lowest BCUT2D eigenvalue weighted by molar-refractivity contribution is -0.388. The minimum Gasteiger partial charge on any atom is -0.382 e. The first-order valence-corrected chi connectivity index (χ1v) is 12.3. The second-order valence-electron chi connectivity index (χ2n) is 9.30. The second-order valence-corrected chi connectivity index (χ2v) is 9.30. The zero-order chi connectivity index (χ0) is 27.3. The van der Waals surface area contributed by atoms with Gasteiger partial charge < -0.3 is 19.9 Å². The van der Waals surface area contributed by atoms with Gasteiger partial charge in [-0.2, -0.15) is 18.4 Å². The van der Waals surface area contributed by atoms with Crippen LogP contribution in [0.3, 0.4) is 0 Å². The average Bonchev–Trinajstić information content (AvgIpc) is 2.92. The SMILES string of the molecule is N#Cc1ccc(N2CCN(C(=O)CO[C@H]3CC[C@H](Nc4ccc([N+](=O)[O-])c(C(F)(F)F)c4)CC3)CC2)nc1. The topological polar surface area (TPSA) is 125 Å². The molecule has 1 aromatic heterocycles. The third-order valence-electron chi connectivity index (χ3n) is 6.82. The van der Waals surface area contributed by atoms with Crippen molar-refractivity contribution in [3.05, 3.63) is 57.8 Å². The monoisotopic (exact) mass is 532 g/mol. The standard InChI is InChI=1S/C25H27F3N6O4/c26-25(27,28)21-13-19(4-7-22(21)34(36)37)31-18-2-5-20(6-3-18)38-16-24(35)33-11-9-32(10-12-33)23-8-1-17(14-29)15-30-23/h1,4,7-8,13,15,18,20,31H,2-3,5-6,9-12,16H2/t18-,20-. The Labute approximate surface area is 217 Å². The molecule has 1 saturated heterocycles. The summed E-state index contributed by atoms with van der Waals surface area (Å²) in [6, 6.07) is 8.37. The van der Waals surface area contributed by atoms with E-state index >= 15 is 0 Å². The van der Waals surface area contributed by atoms with E-state index in [1.165, 1.54) is 12.3 Å². The van der Waals surface area contributed by atoms with Gasteiger partial charge in [0, 0.05) is 50.2 Å². The summed E-state index contributed by atoms with van der Waals surface area (Å²) in [7, 11) is 0. The van der Waals surface area contributed by atoms with Crippen molar-refractivity contribution in [1.29, 1.82) is 5.26 Å². The number of alkyl halides is 3. The smallest absolute Gasteiger partial charge is 0.382 e. The van der Waals surface area contributed by atoms with E-state index in [0.717, 1.165) is 18.0 Å². The fraction of sp³-hybridized carbons (Fsp3) is 0.480. The predicted molar refractivity (Wildman–Crippen MR) is 131 cm³/mol. The number of nitrogens with one attached hydrogen (secondary N) is 1. The fourth-order valence-electron chi connectivity index (χ4n) is 4.73. The van der Waals surface area contributed by atoms with Crippen LogP contribution in [0.2, 0.25) is 0 Å². The number of halogens is 3. The van der Waals surface area contributed by atoms with E-state index in [1.807, 2.05) is 6.07 Å². The number of nitro benzene ring substituents is 1. The summed E-state index contributed by atoms with van der Waals surface area (Å²) in [6.45, 7) is 2.29. The van der Waals surface area contributed by atoms with Crippen molar-refractivity contribution in [3.63, 3.8) is 0 Å². The highest BCUT2D eigenvalue weighted by atomic mass is 19.4. The van der Waals surface area contributed by atoms with Crippen molar-refractivity contribution in [3.8, 4) is 6.07 Å². The Morgan fingerprint density at radius 2 is 1.87 bits per heavy atom. The average molecular weight is 533 g/mol. The number of benzene rings is 1. The maximum atomic E-state index is 13.2. The number of nitriles is 1. The molecule has 1 amide bonds. The highest BCUT2D eigenvalue weighted by Gasteiger charge is 2.38. The van der Waals surface area contributed by atoms with Gasteiger partial charge in [0.15, 0.2) is 0 Å². The molecule has 2 fully saturated rings. The van der Waals surface area contributed by atoms with E-state index in [2.05, 4.69) is 15.2 Å². The lowest BCUT2D eigenvalue weighted by Crippen LogP contribution is -2.50. The highest BCUT2D eigenvalue weighted by Crippen LogP contribution is 2.38. The van der Waals surface area contributed by atoms with E-state index in [0.29, 0.717) is 57.4 Å². The zero-order valence-electron chi connectivity index (χ0n) is 20.5. The molecule has 13 heteroatoms. The van der Waals surface area contributed by atoms with Gasteiger partial charge >= 0.3 is 6.18 Å². The first-order chi connectivity index (χ1) is 18.1. The minimum atomic E-state index is -4.83. The number of nitro groups is 1. The van der Waals surface area contributed by atoms with Gasteiger partial charge in [-0.05, 0) is 49.9 Å². The first-order valence-electron chi connectivity index (χ1n) is 12.3. The molecule has 1 saturated carbocycles. The summed E-state index contributed by atoms with van der Waals surface area (Å²) < 4.78 is 45.5. The summed E-state index contributed by atoms with van der Waals surface area (Å²) in [5, 5.41) is 22.9. The van der Waals surface area contributed by atoms with E-state index < -0.39 is 22.4 Å². The molecule has 202 valence electrons. The van der Waals surface area contributed by atoms with Crippen molar-refractivity contribution in [2.75, 3.05) is 43.0 Å². The molecule has 0 radical (unpaired) electrons. The normalized spacial score (nSPS) is 20.1. The Morgan fingerprint density at radius 1 is 1.16 bits per heavy atom. The lowest BCUT2D eigenvalue weighted by Gasteiger charge is -2.36. The van der Waals surface area contributed by atoms with Crippen molar-refractivity contribution < 1.29 is 27.6 Å². The number of piperazine rings is 1. The Bertz CT molecular complexity index is 1190. The molecule has 1 aliphatic heterocycles. The summed E-state index contributed by atoms with van der Waals surface area (Å²) >= 11 is 0. The number of carbonyl (C=O) groups excluding carboxylic acids is 1. The third-order valence-corrected chi connectivity index (χ3v) is 6.82. The van der Waals surface area contributed by atoms with Crippen molar-refractivity contribution in [1.82, 2.24) is 9.88 Å². The summed E-state index contributed by atoms with van der Waals surface area (Å²) in [4.78, 5) is 30.6. The number of hydrogen-bond acceptors (Lipinski definition) is 8. The van der Waals surface area contributed by atoms with Gasteiger partial charge in [0.25, 0.3) is 5.69 Å². The largest absolute Gasteiger partial charge is 0.423 e. The van der Waals surface area contributed by atoms with E-state index in [1.54, 1.807) is 17.0 Å². The number of ether oxygens (including phenoxy) is 1. The Morgan fingerprint density at radius 3 is 2.45 bits per heavy atom. The van der Waals surface area contributed by atoms with Gasteiger partial charge in [0.1, 0.15) is 24.1 Å². The van der Waals surface area contributed by atoms with Crippen molar-refractivity contribution in [2.24, 2.45) is 0 Å². The quantitative estimate of drug-likeness (QED) is 0.420. The number of amides is 1. The number of pyridine rings is 1. The van der Waals surface area contributed by atoms with Gasteiger partial charge in [0.05, 0.1) is 16.6 Å². The molecule has 2 heterocycles. The number of carbonyl (C=O) groups is 1.